The highest BCUT2D eigenvalue weighted by Crippen LogP contribution is 2.34. The van der Waals surface area contributed by atoms with E-state index in [4.69, 9.17) is 5.73 Å². The topological polar surface area (TPSA) is 66.6 Å². The third-order valence-corrected chi connectivity index (χ3v) is 4.63. The molecular weight excluding hydrogens is 323 g/mol. The molecule has 1 aromatic rings. The lowest BCUT2D eigenvalue weighted by Gasteiger charge is -2.38. The van der Waals surface area contributed by atoms with Crippen LogP contribution in [0.25, 0.3) is 0 Å². The van der Waals surface area contributed by atoms with Gasteiger partial charge in [-0.15, -0.1) is 0 Å². The van der Waals surface area contributed by atoms with Gasteiger partial charge in [-0.1, -0.05) is 24.3 Å². The van der Waals surface area contributed by atoms with Crippen LogP contribution < -0.4 is 5.73 Å². The molecule has 8 heteroatoms. The second-order valence-electron chi connectivity index (χ2n) is 6.17. The predicted molar refractivity (Wildman–Crippen MR) is 79.8 cm³/mol. The molecule has 1 saturated heterocycles. The van der Waals surface area contributed by atoms with Crippen molar-refractivity contribution in [1.29, 1.82) is 0 Å². The van der Waals surface area contributed by atoms with Gasteiger partial charge in [-0.25, -0.2) is 0 Å². The summed E-state index contributed by atoms with van der Waals surface area (Å²) in [5.74, 6) is -1.18. The lowest BCUT2D eigenvalue weighted by atomic mass is 9.90. The molecule has 1 fully saturated rings. The fraction of sp³-hybridized carbons (Fsp3) is 0.500. The number of hydrogen-bond acceptors (Lipinski definition) is 3. The molecule has 2 heterocycles. The molecule has 0 aromatic heterocycles. The summed E-state index contributed by atoms with van der Waals surface area (Å²) in [5, 5.41) is 0. The number of benzene rings is 1. The van der Waals surface area contributed by atoms with Gasteiger partial charge in [-0.2, -0.15) is 13.2 Å². The Morgan fingerprint density at radius 2 is 1.96 bits per heavy atom. The SMILES string of the molecule is NC(=O)C1c2ccccc2CCN1C1CCN(CC(F)(F)F)C1=O. The van der Waals surface area contributed by atoms with Crippen LogP contribution in [-0.4, -0.2) is 53.5 Å². The van der Waals surface area contributed by atoms with E-state index in [-0.39, 0.29) is 13.0 Å². The maximum absolute atomic E-state index is 12.6. The Bertz CT molecular complexity index is 662. The van der Waals surface area contributed by atoms with E-state index in [1.54, 1.807) is 17.0 Å². The van der Waals surface area contributed by atoms with Crippen molar-refractivity contribution in [2.24, 2.45) is 5.73 Å². The number of amides is 2. The monoisotopic (exact) mass is 341 g/mol. The first-order chi connectivity index (χ1) is 11.3. The van der Waals surface area contributed by atoms with Crippen LogP contribution in [-0.2, 0) is 16.0 Å². The minimum Gasteiger partial charge on any atom is -0.368 e. The van der Waals surface area contributed by atoms with Gasteiger partial charge in [0.1, 0.15) is 12.6 Å². The second-order valence-corrected chi connectivity index (χ2v) is 6.17. The number of carbonyl (C=O) groups excluding carboxylic acids is 2. The van der Waals surface area contributed by atoms with Gasteiger partial charge >= 0.3 is 6.18 Å². The molecule has 0 spiro atoms. The van der Waals surface area contributed by atoms with Crippen molar-refractivity contribution in [2.75, 3.05) is 19.6 Å². The fourth-order valence-corrected chi connectivity index (χ4v) is 3.64. The maximum atomic E-state index is 12.6. The standard InChI is InChI=1S/C16H18F3N3O2/c17-16(18,19)9-21-7-6-12(15(21)24)22-8-5-10-3-1-2-4-11(10)13(22)14(20)23/h1-4,12-13H,5-9H2,(H2,20,23). The Morgan fingerprint density at radius 1 is 1.25 bits per heavy atom. The zero-order valence-electron chi connectivity index (χ0n) is 12.9. The van der Waals surface area contributed by atoms with Crippen molar-refractivity contribution >= 4 is 11.8 Å². The Hall–Kier alpha value is -2.09. The molecule has 2 unspecified atom stereocenters. The lowest BCUT2D eigenvalue weighted by Crippen LogP contribution is -2.51. The predicted octanol–water partition coefficient (Wildman–Crippen LogP) is 1.23. The first-order valence-corrected chi connectivity index (χ1v) is 7.76. The Labute approximate surface area is 137 Å². The van der Waals surface area contributed by atoms with Gasteiger partial charge in [0, 0.05) is 13.1 Å². The third-order valence-electron chi connectivity index (χ3n) is 4.63. The van der Waals surface area contributed by atoms with E-state index in [2.05, 4.69) is 0 Å². The number of fused-ring (bicyclic) bond motifs is 1. The molecule has 2 amide bonds. The van der Waals surface area contributed by atoms with Crippen LogP contribution in [0.1, 0.15) is 23.6 Å². The first-order valence-electron chi connectivity index (χ1n) is 7.76. The van der Waals surface area contributed by atoms with Crippen LogP contribution in [0, 0.1) is 0 Å². The highest BCUT2D eigenvalue weighted by molar-refractivity contribution is 5.87. The molecule has 2 atom stereocenters. The average Bonchev–Trinajstić information content (AvgIpc) is 2.85. The molecule has 3 rings (SSSR count). The summed E-state index contributed by atoms with van der Waals surface area (Å²) in [6, 6.07) is 5.80. The zero-order chi connectivity index (χ0) is 17.5. The summed E-state index contributed by atoms with van der Waals surface area (Å²) < 4.78 is 37.7. The third kappa shape index (κ3) is 3.10. The summed E-state index contributed by atoms with van der Waals surface area (Å²) in [6.45, 7) is -0.804. The lowest BCUT2D eigenvalue weighted by molar-refractivity contribution is -0.159. The van der Waals surface area contributed by atoms with Gasteiger partial charge in [-0.3, -0.25) is 14.5 Å². The number of primary amides is 1. The van der Waals surface area contributed by atoms with E-state index < -0.39 is 36.6 Å². The van der Waals surface area contributed by atoms with Gasteiger partial charge in [0.05, 0.1) is 6.04 Å². The molecule has 0 radical (unpaired) electrons. The minimum absolute atomic E-state index is 0.0344. The number of likely N-dealkylation sites (tertiary alicyclic amines) is 1. The molecule has 24 heavy (non-hydrogen) atoms. The summed E-state index contributed by atoms with van der Waals surface area (Å²) in [7, 11) is 0. The van der Waals surface area contributed by atoms with Gasteiger partial charge in [-0.05, 0) is 24.0 Å². The number of carbonyl (C=O) groups is 2. The number of halogens is 3. The number of nitrogens with zero attached hydrogens (tertiary/aromatic N) is 2. The molecule has 0 bridgehead atoms. The van der Waals surface area contributed by atoms with Crippen LogP contribution in [0.15, 0.2) is 24.3 Å². The van der Waals surface area contributed by atoms with Crippen molar-refractivity contribution in [3.63, 3.8) is 0 Å². The second kappa shape index (κ2) is 6.08. The van der Waals surface area contributed by atoms with Crippen molar-refractivity contribution in [1.82, 2.24) is 9.80 Å². The van der Waals surface area contributed by atoms with E-state index in [9.17, 15) is 22.8 Å². The fourth-order valence-electron chi connectivity index (χ4n) is 3.64. The highest BCUT2D eigenvalue weighted by Gasteiger charge is 2.45. The van der Waals surface area contributed by atoms with E-state index in [1.165, 1.54) is 0 Å². The van der Waals surface area contributed by atoms with E-state index in [0.29, 0.717) is 13.0 Å². The van der Waals surface area contributed by atoms with Crippen molar-refractivity contribution in [2.45, 2.75) is 31.1 Å². The molecule has 0 saturated carbocycles. The summed E-state index contributed by atoms with van der Waals surface area (Å²) in [6.07, 6.45) is -3.54. The van der Waals surface area contributed by atoms with Gasteiger partial charge < -0.3 is 10.6 Å². The van der Waals surface area contributed by atoms with Crippen LogP contribution >= 0.6 is 0 Å². The van der Waals surface area contributed by atoms with Crippen LogP contribution in [0.3, 0.4) is 0 Å². The van der Waals surface area contributed by atoms with Crippen molar-refractivity contribution < 1.29 is 22.8 Å². The van der Waals surface area contributed by atoms with Crippen LogP contribution in [0.5, 0.6) is 0 Å². The summed E-state index contributed by atoms with van der Waals surface area (Å²) in [5.41, 5.74) is 7.25. The smallest absolute Gasteiger partial charge is 0.368 e. The molecule has 1 aromatic carbocycles. The maximum Gasteiger partial charge on any atom is 0.406 e. The molecule has 2 aliphatic heterocycles. The highest BCUT2D eigenvalue weighted by atomic mass is 19.4. The molecular formula is C16H18F3N3O2. The largest absolute Gasteiger partial charge is 0.406 e. The Kier molecular flexibility index (Phi) is 4.25. The van der Waals surface area contributed by atoms with Crippen molar-refractivity contribution in [3.8, 4) is 0 Å². The Morgan fingerprint density at radius 3 is 2.62 bits per heavy atom. The molecule has 0 aliphatic carbocycles. The summed E-state index contributed by atoms with van der Waals surface area (Å²) >= 11 is 0. The number of rotatable bonds is 3. The minimum atomic E-state index is -4.43. The van der Waals surface area contributed by atoms with Gasteiger partial charge in [0.25, 0.3) is 0 Å². The normalized spacial score (nSPS) is 25.0. The molecule has 5 nitrogen and oxygen atoms in total. The van der Waals surface area contributed by atoms with Crippen LogP contribution in [0.2, 0.25) is 0 Å². The number of nitrogens with two attached hydrogens (primary N) is 1. The average molecular weight is 341 g/mol. The molecule has 2 aliphatic rings. The van der Waals surface area contributed by atoms with E-state index >= 15 is 0 Å². The van der Waals surface area contributed by atoms with Gasteiger partial charge in [0.15, 0.2) is 0 Å². The van der Waals surface area contributed by atoms with E-state index in [1.807, 2.05) is 12.1 Å². The van der Waals surface area contributed by atoms with E-state index in [0.717, 1.165) is 16.0 Å². The molecule has 2 N–H and O–H groups in total. The summed E-state index contributed by atoms with van der Waals surface area (Å²) in [4.78, 5) is 26.8. The number of alkyl halides is 3. The Balaban J connectivity index is 1.84. The van der Waals surface area contributed by atoms with Crippen LogP contribution in [0.4, 0.5) is 13.2 Å². The number of hydrogen-bond donors (Lipinski definition) is 1. The first kappa shape index (κ1) is 16.8. The zero-order valence-corrected chi connectivity index (χ0v) is 12.9. The quantitative estimate of drug-likeness (QED) is 0.899. The van der Waals surface area contributed by atoms with Crippen molar-refractivity contribution in [3.05, 3.63) is 35.4 Å². The molecule has 130 valence electrons. The van der Waals surface area contributed by atoms with Gasteiger partial charge in [0.2, 0.25) is 11.8 Å².